The second-order valence-electron chi connectivity index (χ2n) is 4.11. The molecular weight excluding hydrogens is 273 g/mol. The van der Waals surface area contributed by atoms with Crippen LogP contribution >= 0.6 is 0 Å². The van der Waals surface area contributed by atoms with Crippen molar-refractivity contribution in [2.45, 2.75) is 18.4 Å². The lowest BCUT2D eigenvalue weighted by Crippen LogP contribution is -2.35. The number of nitrogens with zero attached hydrogens (tertiary/aromatic N) is 3. The number of H-pyrrole nitrogens is 1. The Morgan fingerprint density at radius 3 is 2.95 bits per heavy atom. The first-order chi connectivity index (χ1) is 9.49. The maximum Gasteiger partial charge on any atom is 0.350 e. The maximum absolute atomic E-state index is 14.3. The van der Waals surface area contributed by atoms with E-state index >= 15 is 0 Å². The number of fused-ring (bicyclic) bond motifs is 1. The van der Waals surface area contributed by atoms with Gasteiger partial charge in [-0.25, -0.2) is 9.18 Å². The molecule has 0 aromatic carbocycles. The Kier molecular flexibility index (Phi) is 3.97. The summed E-state index contributed by atoms with van der Waals surface area (Å²) in [7, 11) is 1.23. The van der Waals surface area contributed by atoms with Crippen LogP contribution < -0.4 is 11.4 Å². The van der Waals surface area contributed by atoms with Gasteiger partial charge in [-0.3, -0.25) is 4.98 Å². The second kappa shape index (κ2) is 5.53. The summed E-state index contributed by atoms with van der Waals surface area (Å²) in [5, 5.41) is 22.5. The minimum absolute atomic E-state index is 0.106. The number of nitrogens with two attached hydrogens (primary N) is 1. The number of aliphatic hydroxyl groups is 2. The average molecular weight is 287 g/mol. The highest BCUT2D eigenvalue weighted by Gasteiger charge is 2.31. The summed E-state index contributed by atoms with van der Waals surface area (Å²) in [5.74, 6) is -0.198. The van der Waals surface area contributed by atoms with Crippen LogP contribution in [0.15, 0.2) is 11.0 Å². The van der Waals surface area contributed by atoms with Gasteiger partial charge in [-0.15, -0.1) is 0 Å². The number of hydrogen-bond donors (Lipinski definition) is 4. The average Bonchev–Trinajstić information content (AvgIpc) is 2.83. The summed E-state index contributed by atoms with van der Waals surface area (Å²) >= 11 is 0. The van der Waals surface area contributed by atoms with E-state index in [1.165, 1.54) is 7.11 Å². The summed E-state index contributed by atoms with van der Waals surface area (Å²) in [6, 6.07) is 0. The molecule has 0 saturated carbocycles. The predicted octanol–water partition coefficient (Wildman–Crippen LogP) is -1.62. The van der Waals surface area contributed by atoms with Crippen LogP contribution in [-0.4, -0.2) is 55.7 Å². The van der Waals surface area contributed by atoms with Crippen LogP contribution in [0.5, 0.6) is 0 Å². The fourth-order valence-corrected chi connectivity index (χ4v) is 1.81. The van der Waals surface area contributed by atoms with Crippen molar-refractivity contribution >= 4 is 11.6 Å². The molecule has 2 rings (SSSR count). The van der Waals surface area contributed by atoms with Gasteiger partial charge >= 0.3 is 5.69 Å². The highest BCUT2D eigenvalue weighted by Crippen LogP contribution is 2.26. The molecule has 5 N–H and O–H groups in total. The van der Waals surface area contributed by atoms with Crippen molar-refractivity contribution in [1.82, 2.24) is 19.6 Å². The Labute approximate surface area is 111 Å². The third kappa shape index (κ3) is 2.35. The van der Waals surface area contributed by atoms with E-state index < -0.39 is 30.7 Å². The number of hydrogen-bond acceptors (Lipinski definition) is 7. The molecule has 0 bridgehead atoms. The first-order valence-electron chi connectivity index (χ1n) is 5.68. The topological polar surface area (TPSA) is 139 Å². The molecule has 0 aliphatic rings. The highest BCUT2D eigenvalue weighted by atomic mass is 19.1. The molecule has 2 aromatic heterocycles. The van der Waals surface area contributed by atoms with Crippen LogP contribution in [0.25, 0.3) is 5.65 Å². The number of ether oxygens (including phenoxy) is 1. The first kappa shape index (κ1) is 14.4. The zero-order valence-corrected chi connectivity index (χ0v) is 10.5. The molecule has 0 spiro atoms. The summed E-state index contributed by atoms with van der Waals surface area (Å²) in [5.41, 5.74) is 4.48. The molecule has 0 radical (unpaired) electrons. The molecule has 2 aromatic rings. The predicted molar refractivity (Wildman–Crippen MR) is 65.8 cm³/mol. The van der Waals surface area contributed by atoms with Gasteiger partial charge in [0, 0.05) is 7.11 Å². The van der Waals surface area contributed by atoms with Crippen molar-refractivity contribution in [1.29, 1.82) is 0 Å². The van der Waals surface area contributed by atoms with Gasteiger partial charge in [0.05, 0.1) is 18.4 Å². The largest absolute Gasteiger partial charge is 0.394 e. The Morgan fingerprint density at radius 1 is 1.65 bits per heavy atom. The SMILES string of the molecule is COC(CO)C(O)C(F)c1cnn2c(=O)[nH]c(N)nc12. The number of aliphatic hydroxyl groups excluding tert-OH is 2. The van der Waals surface area contributed by atoms with E-state index in [0.29, 0.717) is 0 Å². The van der Waals surface area contributed by atoms with Crippen LogP contribution in [0.2, 0.25) is 0 Å². The van der Waals surface area contributed by atoms with Crippen LogP contribution in [0.4, 0.5) is 10.3 Å². The van der Waals surface area contributed by atoms with E-state index in [0.717, 1.165) is 10.7 Å². The molecule has 0 fully saturated rings. The molecule has 9 nitrogen and oxygen atoms in total. The second-order valence-corrected chi connectivity index (χ2v) is 4.11. The zero-order valence-electron chi connectivity index (χ0n) is 10.5. The summed E-state index contributed by atoms with van der Waals surface area (Å²) in [6.45, 7) is -0.562. The lowest BCUT2D eigenvalue weighted by molar-refractivity contribution is -0.0728. The molecule has 3 unspecified atom stereocenters. The van der Waals surface area contributed by atoms with Gasteiger partial charge < -0.3 is 20.7 Å². The van der Waals surface area contributed by atoms with Crippen molar-refractivity contribution in [3.8, 4) is 0 Å². The number of rotatable bonds is 5. The van der Waals surface area contributed by atoms with E-state index in [1.54, 1.807) is 0 Å². The number of anilines is 1. The minimum Gasteiger partial charge on any atom is -0.394 e. The molecule has 0 saturated heterocycles. The lowest BCUT2D eigenvalue weighted by Gasteiger charge is -2.22. The number of aromatic nitrogens is 4. The quantitative estimate of drug-likeness (QED) is 0.518. The number of nitrogen functional groups attached to an aromatic ring is 1. The zero-order chi connectivity index (χ0) is 14.9. The smallest absolute Gasteiger partial charge is 0.350 e. The van der Waals surface area contributed by atoms with Gasteiger partial charge in [-0.05, 0) is 0 Å². The highest BCUT2D eigenvalue weighted by molar-refractivity contribution is 5.49. The van der Waals surface area contributed by atoms with Crippen LogP contribution in [0.3, 0.4) is 0 Å². The third-order valence-electron chi connectivity index (χ3n) is 2.89. The number of methoxy groups -OCH3 is 1. The molecule has 0 aliphatic carbocycles. The molecule has 2 heterocycles. The van der Waals surface area contributed by atoms with Crippen molar-refractivity contribution in [3.63, 3.8) is 0 Å². The van der Waals surface area contributed by atoms with E-state index in [4.69, 9.17) is 15.6 Å². The molecule has 3 atom stereocenters. The van der Waals surface area contributed by atoms with E-state index in [2.05, 4.69) is 15.1 Å². The van der Waals surface area contributed by atoms with Crippen LogP contribution in [-0.2, 0) is 4.74 Å². The Balaban J connectivity index is 2.45. The van der Waals surface area contributed by atoms with Gasteiger partial charge in [-0.1, -0.05) is 0 Å². The molecular formula is C10H14FN5O4. The molecule has 0 amide bonds. The summed E-state index contributed by atoms with van der Waals surface area (Å²) < 4.78 is 19.9. The minimum atomic E-state index is -1.95. The van der Waals surface area contributed by atoms with Crippen molar-refractivity contribution in [3.05, 3.63) is 22.2 Å². The van der Waals surface area contributed by atoms with Gasteiger partial charge in [0.15, 0.2) is 11.8 Å². The van der Waals surface area contributed by atoms with Crippen molar-refractivity contribution < 1.29 is 19.3 Å². The van der Waals surface area contributed by atoms with E-state index in [1.807, 2.05) is 0 Å². The van der Waals surface area contributed by atoms with Gasteiger partial charge in [0.1, 0.15) is 12.2 Å². The molecule has 20 heavy (non-hydrogen) atoms. The van der Waals surface area contributed by atoms with Crippen molar-refractivity contribution in [2.75, 3.05) is 19.5 Å². The van der Waals surface area contributed by atoms with Crippen molar-refractivity contribution in [2.24, 2.45) is 0 Å². The van der Waals surface area contributed by atoms with E-state index in [-0.39, 0.29) is 17.2 Å². The van der Waals surface area contributed by atoms with Crippen LogP contribution in [0, 0.1) is 0 Å². The van der Waals surface area contributed by atoms with Crippen LogP contribution in [0.1, 0.15) is 11.7 Å². The monoisotopic (exact) mass is 287 g/mol. The van der Waals surface area contributed by atoms with E-state index in [9.17, 15) is 14.3 Å². The number of aromatic amines is 1. The lowest BCUT2D eigenvalue weighted by atomic mass is 10.0. The normalized spacial score (nSPS) is 16.2. The fraction of sp³-hybridized carbons (Fsp3) is 0.500. The van der Waals surface area contributed by atoms with Gasteiger partial charge in [0.2, 0.25) is 5.95 Å². The Morgan fingerprint density at radius 2 is 2.35 bits per heavy atom. The molecule has 0 aliphatic heterocycles. The molecule has 10 heteroatoms. The Bertz CT molecular complexity index is 653. The number of alkyl halides is 1. The number of nitrogens with one attached hydrogen (secondary N) is 1. The summed E-state index contributed by atoms with van der Waals surface area (Å²) in [6.07, 6.45) is -3.63. The maximum atomic E-state index is 14.3. The standard InChI is InChI=1S/C10H14FN5O4/c1-20-5(3-17)7(18)6(11)4-2-13-16-8(4)14-9(12)15-10(16)19/h2,5-7,17-18H,3H2,1H3,(H3,12,14,15,19). The summed E-state index contributed by atoms with van der Waals surface area (Å²) in [4.78, 5) is 17.5. The van der Waals surface area contributed by atoms with Gasteiger partial charge in [0.25, 0.3) is 0 Å². The molecule has 110 valence electrons. The first-order valence-corrected chi connectivity index (χ1v) is 5.68. The fourth-order valence-electron chi connectivity index (χ4n) is 1.81. The van der Waals surface area contributed by atoms with Gasteiger partial charge in [-0.2, -0.15) is 14.6 Å². The third-order valence-corrected chi connectivity index (χ3v) is 2.89. The Hall–Kier alpha value is -2.04. The number of halogens is 1.